The molecule has 1 aliphatic rings. The molecule has 2 heterocycles. The fourth-order valence-electron chi connectivity index (χ4n) is 3.28. The third-order valence-electron chi connectivity index (χ3n) is 5.25. The summed E-state index contributed by atoms with van der Waals surface area (Å²) >= 11 is 0. The smallest absolute Gasteiger partial charge is 0 e. The Labute approximate surface area is 297 Å². The number of rotatable bonds is 6. The summed E-state index contributed by atoms with van der Waals surface area (Å²) in [6.45, 7) is 19.0. The average molecular weight is 760 g/mol. The van der Waals surface area contributed by atoms with Crippen molar-refractivity contribution in [2.75, 3.05) is 0 Å². The van der Waals surface area contributed by atoms with Gasteiger partial charge in [-0.25, -0.2) is 0 Å². The van der Waals surface area contributed by atoms with E-state index < -0.39 is 33.7 Å². The maximum absolute atomic E-state index is 12.5. The molecule has 0 bridgehead atoms. The number of amides is 2. The minimum atomic E-state index is -0.617. The van der Waals surface area contributed by atoms with Crippen molar-refractivity contribution in [2.24, 2.45) is 0 Å². The third kappa shape index (κ3) is 25.2. The third-order valence-corrected chi connectivity index (χ3v) is 5.25. The molecule has 19 heteroatoms. The molecule has 0 aromatic carbocycles. The van der Waals surface area contributed by atoms with E-state index in [-0.39, 0.29) is 43.8 Å². The van der Waals surface area contributed by atoms with Gasteiger partial charge in [0.05, 0.1) is 28.1 Å². The van der Waals surface area contributed by atoms with E-state index in [1.165, 1.54) is 24.5 Å². The molecule has 2 amide bonds. The van der Waals surface area contributed by atoms with Gasteiger partial charge in [0.25, 0.3) is 23.2 Å². The maximum Gasteiger partial charge on any atom is 0 e. The molecule has 258 valence electrons. The van der Waals surface area contributed by atoms with Gasteiger partial charge in [-0.3, -0.25) is 39.8 Å². The van der Waals surface area contributed by atoms with Crippen molar-refractivity contribution in [3.63, 3.8) is 0 Å². The molecular weight excluding hydrogens is 726 g/mol. The maximum atomic E-state index is 12.5. The minimum Gasteiger partial charge on any atom is 0 e. The standard InChI is InChI=1S/C18H18N6O6.3C3H5N.3CO.Mo/c25-17(15-9-11(23(27)28)5-7-19-15)21-13-3-1-2-4-14(13)22-18(26)16-10-12(24(29)30)6-8-20-16;3*1-2-3-4;3*1-2;/h5-10,13-14H,1-4H2,(H,21,25)(H,22,26);3*2H2,1H3;;;;/t13-,14-;;;;;;;/m0......./s1. The fourth-order valence-corrected chi connectivity index (χ4v) is 3.28. The van der Waals surface area contributed by atoms with Crippen LogP contribution in [0, 0.1) is 74.2 Å². The van der Waals surface area contributed by atoms with Crippen molar-refractivity contribution in [3.05, 3.63) is 88.2 Å². The second-order valence-electron chi connectivity index (χ2n) is 8.29. The van der Waals surface area contributed by atoms with Crippen molar-refractivity contribution in [2.45, 2.75) is 77.8 Å². The fraction of sp³-hybridized carbons (Fsp3) is 0.400. The van der Waals surface area contributed by atoms with E-state index in [2.05, 4.69) is 40.6 Å². The second-order valence-corrected chi connectivity index (χ2v) is 8.29. The van der Waals surface area contributed by atoms with Gasteiger partial charge in [0, 0.05) is 89.1 Å². The van der Waals surface area contributed by atoms with Crippen LogP contribution in [0.4, 0.5) is 11.4 Å². The molecule has 2 aromatic heterocycles. The van der Waals surface area contributed by atoms with Gasteiger partial charge in [-0.15, -0.1) is 0 Å². The predicted octanol–water partition coefficient (Wildman–Crippen LogP) is 4.41. The molecule has 1 aliphatic carbocycles. The number of nitrogens with one attached hydrogen (secondary N) is 2. The van der Waals surface area contributed by atoms with Crippen molar-refractivity contribution < 1.29 is 54.5 Å². The molecule has 2 N–H and O–H groups in total. The molecule has 0 aliphatic heterocycles. The Morgan fingerprint density at radius 2 is 1.02 bits per heavy atom. The van der Waals surface area contributed by atoms with Crippen LogP contribution >= 0.6 is 0 Å². The van der Waals surface area contributed by atoms with Crippen LogP contribution in [0.2, 0.25) is 0 Å². The Balaban J connectivity index is -0.000000286. The van der Waals surface area contributed by atoms with Gasteiger partial charge in [-0.1, -0.05) is 33.6 Å². The van der Waals surface area contributed by atoms with E-state index >= 15 is 0 Å². The van der Waals surface area contributed by atoms with E-state index in [1.807, 2.05) is 39.0 Å². The SMILES string of the molecule is CCC#N.CCC#N.CCC#N.O=C(N[C@H]1CCCC[C@@H]1NC(=O)c1cc([N+](=O)[O-])ccn1)c1cc([N+](=O)[O-])ccn1.[C-]#[O+].[C-]#[O+].[C-]#[O+].[Mo]. The number of carbonyl (C=O) groups excluding carboxylic acids is 2. The van der Waals surface area contributed by atoms with Gasteiger partial charge in [0.15, 0.2) is 0 Å². The van der Waals surface area contributed by atoms with Crippen molar-refractivity contribution in [1.82, 2.24) is 20.6 Å². The zero-order valence-corrected chi connectivity index (χ0v) is 28.8. The molecule has 2 aromatic rings. The normalized spacial score (nSPS) is 12.5. The predicted molar refractivity (Wildman–Crippen MR) is 162 cm³/mol. The van der Waals surface area contributed by atoms with Crippen LogP contribution in [0.3, 0.4) is 0 Å². The quantitative estimate of drug-likeness (QED) is 0.137. The van der Waals surface area contributed by atoms with Crippen molar-refractivity contribution >= 4 is 23.2 Å². The Hall–Kier alpha value is -5.58. The minimum absolute atomic E-state index is 0. The van der Waals surface area contributed by atoms with Gasteiger partial charge < -0.3 is 10.6 Å². The first-order chi connectivity index (χ1) is 23.1. The number of nitriles is 3. The van der Waals surface area contributed by atoms with Gasteiger partial charge in [0.2, 0.25) is 0 Å². The number of nitro groups is 2. The van der Waals surface area contributed by atoms with Crippen molar-refractivity contribution in [1.29, 1.82) is 15.8 Å². The van der Waals surface area contributed by atoms with Crippen LogP contribution in [0.15, 0.2) is 36.7 Å². The Morgan fingerprint density at radius 3 is 1.24 bits per heavy atom. The van der Waals surface area contributed by atoms with Crippen LogP contribution in [0.1, 0.15) is 86.7 Å². The summed E-state index contributed by atoms with van der Waals surface area (Å²) in [5.74, 6) is -1.17. The summed E-state index contributed by atoms with van der Waals surface area (Å²) < 4.78 is 22.5. The average Bonchev–Trinajstić information content (AvgIpc) is 3.15. The zero-order valence-electron chi connectivity index (χ0n) is 26.8. The van der Waals surface area contributed by atoms with Crippen LogP contribution < -0.4 is 10.6 Å². The molecule has 2 atom stereocenters. The summed E-state index contributed by atoms with van der Waals surface area (Å²) in [4.78, 5) is 53.3. The molecule has 0 saturated heterocycles. The number of aromatic nitrogens is 2. The van der Waals surface area contributed by atoms with Gasteiger partial charge in [-0.05, 0) is 12.8 Å². The Kier molecular flexibility index (Phi) is 39.8. The largest absolute Gasteiger partial charge is 0 e. The topological polar surface area (TPSA) is 301 Å². The van der Waals surface area contributed by atoms with Crippen LogP contribution in [-0.4, -0.2) is 43.7 Å². The van der Waals surface area contributed by atoms with Crippen molar-refractivity contribution in [3.8, 4) is 18.2 Å². The summed E-state index contributed by atoms with van der Waals surface area (Å²) in [5, 5.41) is 50.2. The number of carbonyl (C=O) groups is 2. The molecule has 1 fully saturated rings. The Morgan fingerprint density at radius 1 is 0.755 bits per heavy atom. The number of hydrogen-bond acceptors (Lipinski definition) is 11. The molecule has 49 heavy (non-hydrogen) atoms. The van der Waals surface area contributed by atoms with Gasteiger partial charge in [0.1, 0.15) is 11.4 Å². The van der Waals surface area contributed by atoms with Gasteiger partial charge in [-0.2, -0.15) is 15.8 Å². The molecular formula is C30H33MoN9O9. The molecule has 0 unspecified atom stereocenters. The number of nitrogens with zero attached hydrogens (tertiary/aromatic N) is 7. The van der Waals surface area contributed by atoms with Crippen LogP contribution in [0.25, 0.3) is 0 Å². The Bertz CT molecular complexity index is 1340. The summed E-state index contributed by atoms with van der Waals surface area (Å²) in [6.07, 6.45) is 7.08. The molecule has 1 saturated carbocycles. The molecule has 3 rings (SSSR count). The van der Waals surface area contributed by atoms with Crippen LogP contribution in [-0.2, 0) is 35.0 Å². The van der Waals surface area contributed by atoms with E-state index in [4.69, 9.17) is 29.7 Å². The summed E-state index contributed by atoms with van der Waals surface area (Å²) in [7, 11) is 0. The number of pyridine rings is 2. The zero-order chi connectivity index (χ0) is 37.9. The van der Waals surface area contributed by atoms with E-state index in [1.54, 1.807) is 0 Å². The number of hydrogen-bond donors (Lipinski definition) is 2. The second kappa shape index (κ2) is 36.9. The first kappa shape index (κ1) is 52.9. The molecule has 0 spiro atoms. The monoisotopic (exact) mass is 761 g/mol. The van der Waals surface area contributed by atoms with Crippen LogP contribution in [0.5, 0.6) is 0 Å². The molecule has 0 radical (unpaired) electrons. The first-order valence-corrected chi connectivity index (χ1v) is 13.6. The molecule has 18 nitrogen and oxygen atoms in total. The van der Waals surface area contributed by atoms with Gasteiger partial charge >= 0.3 is 33.9 Å². The first-order valence-electron chi connectivity index (χ1n) is 13.6. The summed E-state index contributed by atoms with van der Waals surface area (Å²) in [5.41, 5.74) is -0.693. The van der Waals surface area contributed by atoms with E-state index in [9.17, 15) is 29.8 Å². The van der Waals surface area contributed by atoms with E-state index in [0.29, 0.717) is 32.1 Å². The summed E-state index contributed by atoms with van der Waals surface area (Å²) in [6, 6.07) is 9.49. The van der Waals surface area contributed by atoms with E-state index in [0.717, 1.165) is 25.0 Å².